The number of nitrogens with zero attached hydrogens (tertiary/aromatic N) is 1. The van der Waals surface area contributed by atoms with Crippen molar-refractivity contribution in [1.29, 1.82) is 0 Å². The summed E-state index contributed by atoms with van der Waals surface area (Å²) < 4.78 is 51.9. The van der Waals surface area contributed by atoms with E-state index in [4.69, 9.17) is 24.7 Å². The van der Waals surface area contributed by atoms with Gasteiger partial charge in [0.1, 0.15) is 6.10 Å². The van der Waals surface area contributed by atoms with Gasteiger partial charge in [0.2, 0.25) is 10.0 Å². The summed E-state index contributed by atoms with van der Waals surface area (Å²) in [5.74, 6) is -1.24. The van der Waals surface area contributed by atoms with Gasteiger partial charge >= 0.3 is 5.97 Å². The number of nitrogens with two attached hydrogens (primary N) is 1. The van der Waals surface area contributed by atoms with Crippen LogP contribution in [0, 0.1) is 17.8 Å². The van der Waals surface area contributed by atoms with Gasteiger partial charge in [0.15, 0.2) is 6.29 Å². The molecule has 0 bridgehead atoms. The van der Waals surface area contributed by atoms with Gasteiger partial charge in [-0.05, 0) is 48.6 Å². The lowest BCUT2D eigenvalue weighted by molar-refractivity contribution is -0.154. The first-order valence-electron chi connectivity index (χ1n) is 14.3. The Balaban J connectivity index is 1.31. The number of benzene rings is 2. The third kappa shape index (κ3) is 6.93. The molecule has 5 rings (SSSR count). The number of anilines is 1. The Morgan fingerprint density at radius 2 is 1.83 bits per heavy atom. The fraction of sp³-hybridized carbons (Fsp3) is 0.567. The highest BCUT2D eigenvalue weighted by Gasteiger charge is 2.56. The van der Waals surface area contributed by atoms with E-state index < -0.39 is 40.4 Å². The van der Waals surface area contributed by atoms with Crippen molar-refractivity contribution in [3.05, 3.63) is 60.2 Å². The highest BCUT2D eigenvalue weighted by Crippen LogP contribution is 2.42. The molecule has 3 fully saturated rings. The van der Waals surface area contributed by atoms with Crippen molar-refractivity contribution in [1.82, 2.24) is 4.31 Å². The molecular formula is C30H40N2O8S. The Kier molecular flexibility index (Phi) is 9.32. The van der Waals surface area contributed by atoms with Gasteiger partial charge in [-0.15, -0.1) is 0 Å². The number of ether oxygens (including phenoxy) is 4. The molecule has 0 amide bonds. The van der Waals surface area contributed by atoms with Crippen LogP contribution in [0.3, 0.4) is 0 Å². The zero-order chi connectivity index (χ0) is 29.1. The summed E-state index contributed by atoms with van der Waals surface area (Å²) in [5.41, 5.74) is 7.15. The monoisotopic (exact) mass is 588 g/mol. The zero-order valence-electron chi connectivity index (χ0n) is 23.5. The van der Waals surface area contributed by atoms with Gasteiger partial charge in [-0.3, -0.25) is 4.79 Å². The van der Waals surface area contributed by atoms with Crippen molar-refractivity contribution in [2.75, 3.05) is 32.0 Å². The van der Waals surface area contributed by atoms with Crippen LogP contribution in [0.25, 0.3) is 0 Å². The maximum atomic E-state index is 13.6. The average molecular weight is 589 g/mol. The number of aliphatic hydroxyl groups is 1. The second-order valence-electron chi connectivity index (χ2n) is 11.6. The third-order valence-electron chi connectivity index (χ3n) is 8.01. The number of hydrogen-bond donors (Lipinski definition) is 2. The molecule has 11 heteroatoms. The van der Waals surface area contributed by atoms with Crippen LogP contribution in [0.5, 0.6) is 0 Å². The van der Waals surface area contributed by atoms with E-state index in [2.05, 4.69) is 0 Å². The highest BCUT2D eigenvalue weighted by atomic mass is 32.2. The minimum absolute atomic E-state index is 0.00821. The molecule has 10 nitrogen and oxygen atoms in total. The normalized spacial score (nSPS) is 27.1. The molecule has 0 aromatic heterocycles. The van der Waals surface area contributed by atoms with Crippen molar-refractivity contribution in [3.63, 3.8) is 0 Å². The molecule has 3 aliphatic heterocycles. The van der Waals surface area contributed by atoms with Gasteiger partial charge in [0.25, 0.3) is 0 Å². The average Bonchev–Trinajstić information content (AvgIpc) is 3.62. The zero-order valence-corrected chi connectivity index (χ0v) is 24.3. The van der Waals surface area contributed by atoms with E-state index in [1.165, 1.54) is 28.6 Å². The Morgan fingerprint density at radius 1 is 1.10 bits per heavy atom. The van der Waals surface area contributed by atoms with Gasteiger partial charge < -0.3 is 29.8 Å². The van der Waals surface area contributed by atoms with Crippen LogP contribution in [0.2, 0.25) is 0 Å². The molecule has 41 heavy (non-hydrogen) atoms. The molecule has 0 aliphatic carbocycles. The van der Waals surface area contributed by atoms with Crippen LogP contribution in [-0.2, 0) is 40.2 Å². The molecule has 0 saturated carbocycles. The van der Waals surface area contributed by atoms with Gasteiger partial charge in [-0.1, -0.05) is 44.2 Å². The van der Waals surface area contributed by atoms with E-state index in [1.54, 1.807) is 0 Å². The Bertz CT molecular complexity index is 1270. The standard InChI is InChI=1S/C30H40N2O8S/c1-19(2)16-32(41(35,36)23-10-8-22(31)9-11-23)17-24(33)21(14-20-6-4-3-5-7-20)15-27(34)39-26-18-38-30-28(26)29-25(40-30)12-13-37-29/h3-11,19,21,24-26,28-30,33H,12-18,31H2,1-2H3/t21-,24-,25-,26+,28-,29+,30+/m1/s1. The van der Waals surface area contributed by atoms with Crippen LogP contribution in [0.4, 0.5) is 5.69 Å². The summed E-state index contributed by atoms with van der Waals surface area (Å²) in [4.78, 5) is 13.4. The predicted octanol–water partition coefficient (Wildman–Crippen LogP) is 2.60. The molecule has 3 saturated heterocycles. The molecule has 0 spiro atoms. The number of esters is 1. The predicted molar refractivity (Wildman–Crippen MR) is 151 cm³/mol. The van der Waals surface area contributed by atoms with Crippen molar-refractivity contribution >= 4 is 21.7 Å². The minimum Gasteiger partial charge on any atom is -0.459 e. The topological polar surface area (TPSA) is 138 Å². The summed E-state index contributed by atoms with van der Waals surface area (Å²) in [5, 5.41) is 11.5. The second kappa shape index (κ2) is 12.8. The van der Waals surface area contributed by atoms with Gasteiger partial charge in [-0.25, -0.2) is 8.42 Å². The number of carbonyl (C=O) groups is 1. The second-order valence-corrected chi connectivity index (χ2v) is 13.6. The van der Waals surface area contributed by atoms with E-state index >= 15 is 0 Å². The number of nitrogen functional groups attached to an aromatic ring is 1. The molecule has 2 aromatic rings. The minimum atomic E-state index is -3.92. The SMILES string of the molecule is CC(C)CN(C[C@@H](O)[C@@H](CC(=O)O[C@H]1CO[C@H]2O[C@@H]3CCO[C@@H]3[C@H]21)Cc1ccccc1)S(=O)(=O)c1ccc(N)cc1. The highest BCUT2D eigenvalue weighted by molar-refractivity contribution is 7.89. The fourth-order valence-corrected chi connectivity index (χ4v) is 7.60. The molecule has 0 unspecified atom stereocenters. The van der Waals surface area contributed by atoms with Crippen molar-refractivity contribution in [2.45, 2.75) is 68.7 Å². The van der Waals surface area contributed by atoms with Crippen molar-refractivity contribution in [3.8, 4) is 0 Å². The largest absolute Gasteiger partial charge is 0.459 e. The molecule has 2 aromatic carbocycles. The number of rotatable bonds is 12. The number of fused-ring (bicyclic) bond motifs is 3. The van der Waals surface area contributed by atoms with Crippen LogP contribution in [0.1, 0.15) is 32.3 Å². The number of sulfonamides is 1. The summed E-state index contributed by atoms with van der Waals surface area (Å²) in [7, 11) is -3.92. The number of aliphatic hydroxyl groups excluding tert-OH is 1. The lowest BCUT2D eigenvalue weighted by atomic mass is 9.90. The van der Waals surface area contributed by atoms with E-state index in [1.807, 2.05) is 44.2 Å². The lowest BCUT2D eigenvalue weighted by Crippen LogP contribution is -2.43. The Hall–Kier alpha value is -2.54. The van der Waals surface area contributed by atoms with E-state index in [-0.39, 0.29) is 55.1 Å². The first-order valence-corrected chi connectivity index (χ1v) is 15.7. The maximum Gasteiger partial charge on any atom is 0.306 e. The number of hydrogen-bond acceptors (Lipinski definition) is 9. The van der Waals surface area contributed by atoms with Gasteiger partial charge in [0.05, 0.1) is 42.2 Å². The fourth-order valence-electron chi connectivity index (χ4n) is 5.98. The first-order chi connectivity index (χ1) is 19.6. The number of carbonyl (C=O) groups excluding carboxylic acids is 1. The van der Waals surface area contributed by atoms with E-state index in [0.717, 1.165) is 12.0 Å². The van der Waals surface area contributed by atoms with Crippen molar-refractivity contribution < 1.29 is 37.3 Å². The summed E-state index contributed by atoms with van der Waals surface area (Å²) in [6, 6.07) is 15.5. The van der Waals surface area contributed by atoms with Gasteiger partial charge in [-0.2, -0.15) is 4.31 Å². The first kappa shape index (κ1) is 29.9. The molecule has 0 radical (unpaired) electrons. The third-order valence-corrected chi connectivity index (χ3v) is 9.86. The molecule has 7 atom stereocenters. The van der Waals surface area contributed by atoms with Crippen LogP contribution in [-0.4, -0.2) is 80.8 Å². The molecule has 3 N–H and O–H groups in total. The van der Waals surface area contributed by atoms with E-state index in [9.17, 15) is 18.3 Å². The molecule has 3 aliphatic rings. The molecular weight excluding hydrogens is 548 g/mol. The summed E-state index contributed by atoms with van der Waals surface area (Å²) in [6.07, 6.45) is -1.21. The maximum absolute atomic E-state index is 13.6. The summed E-state index contributed by atoms with van der Waals surface area (Å²) in [6.45, 7) is 4.70. The Morgan fingerprint density at radius 3 is 2.54 bits per heavy atom. The van der Waals surface area contributed by atoms with Crippen LogP contribution in [0.15, 0.2) is 59.5 Å². The smallest absolute Gasteiger partial charge is 0.306 e. The van der Waals surface area contributed by atoms with Crippen molar-refractivity contribution in [2.24, 2.45) is 17.8 Å². The Labute approximate surface area is 241 Å². The lowest BCUT2D eigenvalue weighted by Gasteiger charge is -2.30. The molecule has 3 heterocycles. The summed E-state index contributed by atoms with van der Waals surface area (Å²) >= 11 is 0. The molecule has 224 valence electrons. The van der Waals surface area contributed by atoms with Crippen LogP contribution < -0.4 is 5.73 Å². The quantitative estimate of drug-likeness (QED) is 0.283. The van der Waals surface area contributed by atoms with E-state index in [0.29, 0.717) is 18.7 Å². The van der Waals surface area contributed by atoms with Gasteiger partial charge in [0, 0.05) is 31.3 Å². The van der Waals surface area contributed by atoms with Crippen LogP contribution >= 0.6 is 0 Å².